The van der Waals surface area contributed by atoms with Gasteiger partial charge >= 0.3 is 0 Å². The molecule has 0 saturated carbocycles. The molecule has 0 aliphatic rings. The summed E-state index contributed by atoms with van der Waals surface area (Å²) in [4.78, 5) is 9.14. The lowest BCUT2D eigenvalue weighted by atomic mass is 10.1. The lowest BCUT2D eigenvalue weighted by molar-refractivity contribution is 0.306. The number of aryl methyl sites for hydroxylation is 2. The van der Waals surface area contributed by atoms with Crippen LogP contribution in [0.2, 0.25) is 0 Å². The Labute approximate surface area is 181 Å². The van der Waals surface area contributed by atoms with Crippen LogP contribution >= 0.6 is 0 Å². The average Bonchev–Trinajstić information content (AvgIpc) is 2.79. The highest BCUT2D eigenvalue weighted by molar-refractivity contribution is 5.55. The van der Waals surface area contributed by atoms with Crippen LogP contribution in [0, 0.1) is 6.92 Å². The second-order valence-electron chi connectivity index (χ2n) is 8.08. The molecule has 0 N–H and O–H groups in total. The number of unbranched alkanes of at least 4 members (excludes halogenated alkanes) is 6. The molecule has 3 rings (SSSR count). The number of rotatable bonds is 12. The van der Waals surface area contributed by atoms with E-state index in [4.69, 9.17) is 4.74 Å². The molecule has 0 amide bonds. The van der Waals surface area contributed by atoms with Gasteiger partial charge in [0.05, 0.1) is 0 Å². The second kappa shape index (κ2) is 12.1. The van der Waals surface area contributed by atoms with Crippen molar-refractivity contribution < 1.29 is 4.74 Å². The van der Waals surface area contributed by atoms with Crippen molar-refractivity contribution >= 4 is 0 Å². The summed E-state index contributed by atoms with van der Waals surface area (Å²) in [6.07, 6.45) is 14.3. The number of hydrogen-bond donors (Lipinski definition) is 0. The molecular weight excluding hydrogens is 368 g/mol. The number of aromatic nitrogens is 2. The molecule has 3 aromatic rings. The predicted octanol–water partition coefficient (Wildman–Crippen LogP) is 7.32. The molecular formula is C27H34N2O. The highest BCUT2D eigenvalue weighted by Crippen LogP contribution is 2.20. The Balaban J connectivity index is 1.43. The summed E-state index contributed by atoms with van der Waals surface area (Å²) in [5.74, 6) is 1.62. The van der Waals surface area contributed by atoms with Gasteiger partial charge in [-0.25, -0.2) is 9.97 Å². The molecule has 0 aliphatic carbocycles. The first kappa shape index (κ1) is 22.0. The first-order chi connectivity index (χ1) is 14.7. The van der Waals surface area contributed by atoms with Crippen LogP contribution in [0.4, 0.5) is 0 Å². The van der Waals surface area contributed by atoms with Gasteiger partial charge in [-0.1, -0.05) is 75.3 Å². The molecule has 0 fully saturated rings. The van der Waals surface area contributed by atoms with Gasteiger partial charge in [-0.3, -0.25) is 0 Å². The first-order valence-electron chi connectivity index (χ1n) is 11.3. The Bertz CT molecular complexity index is 855. The minimum atomic E-state index is 0.573. The van der Waals surface area contributed by atoms with Crippen molar-refractivity contribution in [2.24, 2.45) is 0 Å². The number of nitrogens with zero attached hydrogens (tertiary/aromatic N) is 2. The fraction of sp³-hybridized carbons (Fsp3) is 0.407. The van der Waals surface area contributed by atoms with Gasteiger partial charge in [0, 0.05) is 18.0 Å². The lowest BCUT2D eigenvalue weighted by Gasteiger charge is -2.08. The molecule has 30 heavy (non-hydrogen) atoms. The maximum atomic E-state index is 5.89. The van der Waals surface area contributed by atoms with Crippen molar-refractivity contribution in [3.05, 3.63) is 77.6 Å². The standard InChI is InChI=1S/C27H34N2O/c1-3-4-5-6-7-8-9-10-24-19-28-27(29-20-24)25-15-17-26(18-16-25)30-21-23-13-11-22(2)12-14-23/h11-20H,3-10,21H2,1-2H3. The first-order valence-corrected chi connectivity index (χ1v) is 11.3. The van der Waals surface area contributed by atoms with Gasteiger partial charge in [-0.2, -0.15) is 0 Å². The number of ether oxygens (including phenoxy) is 1. The van der Waals surface area contributed by atoms with E-state index in [0.717, 1.165) is 23.6 Å². The lowest BCUT2D eigenvalue weighted by Crippen LogP contribution is -1.96. The Morgan fingerprint density at radius 2 is 1.33 bits per heavy atom. The molecule has 0 spiro atoms. The van der Waals surface area contributed by atoms with E-state index in [9.17, 15) is 0 Å². The monoisotopic (exact) mass is 402 g/mol. The zero-order valence-electron chi connectivity index (χ0n) is 18.4. The summed E-state index contributed by atoms with van der Waals surface area (Å²) in [5.41, 5.74) is 4.67. The quantitative estimate of drug-likeness (QED) is 0.298. The topological polar surface area (TPSA) is 35.0 Å². The van der Waals surface area contributed by atoms with Gasteiger partial charge in [-0.05, 0) is 55.2 Å². The van der Waals surface area contributed by atoms with Gasteiger partial charge in [-0.15, -0.1) is 0 Å². The minimum absolute atomic E-state index is 0.573. The summed E-state index contributed by atoms with van der Waals surface area (Å²) in [6, 6.07) is 16.4. The maximum Gasteiger partial charge on any atom is 0.159 e. The van der Waals surface area contributed by atoms with E-state index < -0.39 is 0 Å². The van der Waals surface area contributed by atoms with Crippen LogP contribution in [-0.2, 0) is 13.0 Å². The zero-order valence-corrected chi connectivity index (χ0v) is 18.4. The third-order valence-corrected chi connectivity index (χ3v) is 5.41. The molecule has 0 bridgehead atoms. The summed E-state index contributed by atoms with van der Waals surface area (Å²) >= 11 is 0. The highest BCUT2D eigenvalue weighted by Gasteiger charge is 2.03. The molecule has 2 aromatic carbocycles. The molecule has 0 radical (unpaired) electrons. The van der Waals surface area contributed by atoms with E-state index in [2.05, 4.69) is 48.1 Å². The van der Waals surface area contributed by atoms with E-state index in [0.29, 0.717) is 6.61 Å². The Morgan fingerprint density at radius 1 is 0.700 bits per heavy atom. The summed E-state index contributed by atoms with van der Waals surface area (Å²) in [7, 11) is 0. The zero-order chi connectivity index (χ0) is 21.0. The number of benzene rings is 2. The fourth-order valence-corrected chi connectivity index (χ4v) is 3.47. The maximum absolute atomic E-state index is 5.89. The van der Waals surface area contributed by atoms with Crippen LogP contribution in [-0.4, -0.2) is 9.97 Å². The Hall–Kier alpha value is -2.68. The van der Waals surface area contributed by atoms with E-state index in [1.165, 1.54) is 61.6 Å². The molecule has 0 unspecified atom stereocenters. The van der Waals surface area contributed by atoms with E-state index in [1.807, 2.05) is 36.7 Å². The smallest absolute Gasteiger partial charge is 0.159 e. The summed E-state index contributed by atoms with van der Waals surface area (Å²) in [5, 5.41) is 0. The van der Waals surface area contributed by atoms with Crippen LogP contribution in [0.15, 0.2) is 60.9 Å². The van der Waals surface area contributed by atoms with Gasteiger partial charge in [0.1, 0.15) is 12.4 Å². The predicted molar refractivity (Wildman–Crippen MR) is 125 cm³/mol. The molecule has 3 heteroatoms. The van der Waals surface area contributed by atoms with Crippen LogP contribution in [0.1, 0.15) is 68.6 Å². The molecule has 1 heterocycles. The molecule has 3 nitrogen and oxygen atoms in total. The third-order valence-electron chi connectivity index (χ3n) is 5.41. The minimum Gasteiger partial charge on any atom is -0.489 e. The SMILES string of the molecule is CCCCCCCCCc1cnc(-c2ccc(OCc3ccc(C)cc3)cc2)nc1. The molecule has 0 saturated heterocycles. The van der Waals surface area contributed by atoms with Gasteiger partial charge in [0.25, 0.3) is 0 Å². The molecule has 158 valence electrons. The van der Waals surface area contributed by atoms with Gasteiger partial charge in [0.15, 0.2) is 5.82 Å². The van der Waals surface area contributed by atoms with Crippen molar-refractivity contribution in [1.82, 2.24) is 9.97 Å². The largest absolute Gasteiger partial charge is 0.489 e. The summed E-state index contributed by atoms with van der Waals surface area (Å²) in [6.45, 7) is 4.93. The van der Waals surface area contributed by atoms with Gasteiger partial charge < -0.3 is 4.74 Å². The van der Waals surface area contributed by atoms with Crippen molar-refractivity contribution in [3.8, 4) is 17.1 Å². The highest BCUT2D eigenvalue weighted by atomic mass is 16.5. The van der Waals surface area contributed by atoms with E-state index in [1.54, 1.807) is 0 Å². The average molecular weight is 403 g/mol. The van der Waals surface area contributed by atoms with Crippen LogP contribution in [0.3, 0.4) is 0 Å². The van der Waals surface area contributed by atoms with Crippen molar-refractivity contribution in [1.29, 1.82) is 0 Å². The van der Waals surface area contributed by atoms with Crippen molar-refractivity contribution in [2.75, 3.05) is 0 Å². The second-order valence-corrected chi connectivity index (χ2v) is 8.08. The van der Waals surface area contributed by atoms with Crippen LogP contribution in [0.5, 0.6) is 5.75 Å². The van der Waals surface area contributed by atoms with Crippen molar-refractivity contribution in [2.45, 2.75) is 71.8 Å². The van der Waals surface area contributed by atoms with E-state index in [-0.39, 0.29) is 0 Å². The number of hydrogen-bond acceptors (Lipinski definition) is 3. The van der Waals surface area contributed by atoms with Crippen molar-refractivity contribution in [3.63, 3.8) is 0 Å². The fourth-order valence-electron chi connectivity index (χ4n) is 3.47. The molecule has 1 aromatic heterocycles. The van der Waals surface area contributed by atoms with Crippen LogP contribution < -0.4 is 4.74 Å². The third kappa shape index (κ3) is 7.29. The van der Waals surface area contributed by atoms with E-state index >= 15 is 0 Å². The normalized spacial score (nSPS) is 10.9. The van der Waals surface area contributed by atoms with Crippen LogP contribution in [0.25, 0.3) is 11.4 Å². The molecule has 0 atom stereocenters. The van der Waals surface area contributed by atoms with Gasteiger partial charge in [0.2, 0.25) is 0 Å². The Kier molecular flexibility index (Phi) is 8.89. The summed E-state index contributed by atoms with van der Waals surface area (Å²) < 4.78 is 5.89. The molecule has 0 aliphatic heterocycles. The Morgan fingerprint density at radius 3 is 2.00 bits per heavy atom.